The molecule has 1 aromatic carbocycles. The van der Waals surface area contributed by atoms with Crippen LogP contribution in [-0.4, -0.2) is 119 Å². The molecule has 0 unspecified atom stereocenters. The summed E-state index contributed by atoms with van der Waals surface area (Å²) in [7, 11) is 1.60. The number of carbonyl (C=O) groups is 1. The van der Waals surface area contributed by atoms with Gasteiger partial charge in [-0.25, -0.2) is 8.42 Å². The number of amides is 1. The lowest BCUT2D eigenvalue weighted by Gasteiger charge is -2.43. The van der Waals surface area contributed by atoms with Crippen molar-refractivity contribution in [2.75, 3.05) is 73.7 Å². The van der Waals surface area contributed by atoms with Crippen molar-refractivity contribution in [1.29, 1.82) is 0 Å². The summed E-state index contributed by atoms with van der Waals surface area (Å²) in [6, 6.07) is 4.33. The summed E-state index contributed by atoms with van der Waals surface area (Å²) in [4.78, 5) is 20.2. The van der Waals surface area contributed by atoms with Crippen LogP contribution in [0, 0.1) is 13.8 Å². The van der Waals surface area contributed by atoms with E-state index in [1.807, 2.05) is 11.8 Å². The van der Waals surface area contributed by atoms with Crippen molar-refractivity contribution in [2.24, 2.45) is 0 Å². The third-order valence-electron chi connectivity index (χ3n) is 7.94. The Morgan fingerprint density at radius 2 is 1.65 bits per heavy atom. The van der Waals surface area contributed by atoms with Gasteiger partial charge in [-0.05, 0) is 76.8 Å². The normalized spacial score (nSPS) is 21.8. The molecule has 0 radical (unpaired) electrons. The minimum absolute atomic E-state index is 0.0158. The number of benzene rings is 1. The smallest absolute Gasteiger partial charge is 0.248 e. The highest BCUT2D eigenvalue weighted by Crippen LogP contribution is 2.29. The van der Waals surface area contributed by atoms with Gasteiger partial charge in [0.1, 0.15) is 12.4 Å². The highest BCUT2D eigenvalue weighted by molar-refractivity contribution is 7.89. The first-order chi connectivity index (χ1) is 17.6. The predicted molar refractivity (Wildman–Crippen MR) is 146 cm³/mol. The Hall–Kier alpha value is -1.72. The monoisotopic (exact) mass is 538 g/mol. The molecule has 1 aliphatic carbocycles. The van der Waals surface area contributed by atoms with E-state index in [0.29, 0.717) is 29.5 Å². The summed E-state index contributed by atoms with van der Waals surface area (Å²) in [5, 5.41) is 0. The van der Waals surface area contributed by atoms with Gasteiger partial charge in [0.2, 0.25) is 15.9 Å². The number of methoxy groups -OCH3 is 1. The van der Waals surface area contributed by atoms with Gasteiger partial charge in [0.25, 0.3) is 0 Å². The Morgan fingerprint density at radius 1 is 1.05 bits per heavy atom. The number of likely N-dealkylation sites (N-methyl/N-ethyl adjacent to an activating group) is 3. The summed E-state index contributed by atoms with van der Waals surface area (Å²) >= 11 is 0. The van der Waals surface area contributed by atoms with E-state index >= 15 is 0 Å². The summed E-state index contributed by atoms with van der Waals surface area (Å²) in [5.74, 6) is 0.615. The van der Waals surface area contributed by atoms with Crippen LogP contribution < -0.4 is 4.74 Å². The summed E-state index contributed by atoms with van der Waals surface area (Å²) < 4.78 is 38.5. The molecule has 1 heterocycles. The van der Waals surface area contributed by atoms with Gasteiger partial charge in [0, 0.05) is 58.4 Å². The van der Waals surface area contributed by atoms with Crippen LogP contribution in [0.4, 0.5) is 0 Å². The zero-order chi connectivity index (χ0) is 27.2. The molecule has 0 aromatic heterocycles. The summed E-state index contributed by atoms with van der Waals surface area (Å²) in [5.41, 5.74) is 1.28. The zero-order valence-corrected chi connectivity index (χ0v) is 24.3. The average Bonchev–Trinajstić information content (AvgIpc) is 2.87. The van der Waals surface area contributed by atoms with E-state index in [1.165, 1.54) is 4.31 Å². The van der Waals surface area contributed by atoms with Gasteiger partial charge in [-0.15, -0.1) is 0 Å². The maximum Gasteiger partial charge on any atom is 0.248 e. The number of rotatable bonds is 11. The number of piperazine rings is 1. The molecule has 37 heavy (non-hydrogen) atoms. The van der Waals surface area contributed by atoms with Crippen molar-refractivity contribution in [1.82, 2.24) is 19.0 Å². The molecular formula is C27H46N4O5S. The largest absolute Gasteiger partial charge is 0.497 e. The van der Waals surface area contributed by atoms with Crippen molar-refractivity contribution in [2.45, 2.75) is 63.4 Å². The number of hydrogen-bond acceptors (Lipinski definition) is 7. The SMILES string of the molecule is CCN(C(=O)COCCN(C)S(=O)(=O)c1c(C)cc(OC)cc1C)C1CCC(N2CCN(C)CC2)CC1. The number of sulfonamides is 1. The number of hydrogen-bond donors (Lipinski definition) is 0. The first-order valence-corrected chi connectivity index (χ1v) is 14.9. The fourth-order valence-corrected chi connectivity index (χ4v) is 7.27. The van der Waals surface area contributed by atoms with Crippen LogP contribution in [0.3, 0.4) is 0 Å². The molecule has 9 nitrogen and oxygen atoms in total. The van der Waals surface area contributed by atoms with Gasteiger partial charge in [-0.3, -0.25) is 9.69 Å². The minimum Gasteiger partial charge on any atom is -0.497 e. The summed E-state index contributed by atoms with van der Waals surface area (Å²) in [6.07, 6.45) is 4.31. The molecule has 1 saturated carbocycles. The van der Waals surface area contributed by atoms with E-state index in [0.717, 1.165) is 51.9 Å². The molecule has 1 aromatic rings. The average molecular weight is 539 g/mol. The quantitative estimate of drug-likeness (QED) is 0.400. The highest BCUT2D eigenvalue weighted by Gasteiger charge is 2.31. The van der Waals surface area contributed by atoms with E-state index in [1.54, 1.807) is 40.1 Å². The first kappa shape index (κ1) is 29.8. The number of nitrogens with zero attached hydrogens (tertiary/aromatic N) is 4. The topological polar surface area (TPSA) is 82.6 Å². The van der Waals surface area contributed by atoms with Crippen molar-refractivity contribution in [3.05, 3.63) is 23.3 Å². The minimum atomic E-state index is -3.69. The van der Waals surface area contributed by atoms with E-state index in [9.17, 15) is 13.2 Å². The van der Waals surface area contributed by atoms with Crippen molar-refractivity contribution in [3.63, 3.8) is 0 Å². The van der Waals surface area contributed by atoms with Crippen LogP contribution in [-0.2, 0) is 19.6 Å². The number of carbonyl (C=O) groups excluding carboxylic acids is 1. The molecule has 10 heteroatoms. The number of ether oxygens (including phenoxy) is 2. The molecule has 1 aliphatic heterocycles. The second-order valence-electron chi connectivity index (χ2n) is 10.5. The van der Waals surface area contributed by atoms with E-state index < -0.39 is 10.0 Å². The molecule has 2 fully saturated rings. The Labute approximate surface area is 223 Å². The molecule has 0 atom stereocenters. The third-order valence-corrected chi connectivity index (χ3v) is 10.1. The van der Waals surface area contributed by atoms with Gasteiger partial charge in [0.15, 0.2) is 0 Å². The lowest BCUT2D eigenvalue weighted by atomic mass is 9.88. The fraction of sp³-hybridized carbons (Fsp3) is 0.741. The molecule has 210 valence electrons. The maximum absolute atomic E-state index is 13.2. The third kappa shape index (κ3) is 7.44. The van der Waals surface area contributed by atoms with E-state index in [-0.39, 0.29) is 36.6 Å². The second-order valence-corrected chi connectivity index (χ2v) is 12.4. The van der Waals surface area contributed by atoms with Crippen molar-refractivity contribution in [3.8, 4) is 5.75 Å². The fourth-order valence-electron chi connectivity index (χ4n) is 5.71. The molecule has 0 spiro atoms. The molecule has 0 bridgehead atoms. The van der Waals surface area contributed by atoms with Gasteiger partial charge in [-0.1, -0.05) is 0 Å². The Kier molecular flexibility index (Phi) is 10.8. The van der Waals surface area contributed by atoms with Crippen LogP contribution in [0.1, 0.15) is 43.7 Å². The van der Waals surface area contributed by atoms with Gasteiger partial charge in [0.05, 0.1) is 18.6 Å². The predicted octanol–water partition coefficient (Wildman–Crippen LogP) is 2.36. The zero-order valence-electron chi connectivity index (χ0n) is 23.5. The second kappa shape index (κ2) is 13.4. The maximum atomic E-state index is 13.2. The Bertz CT molecular complexity index is 979. The Balaban J connectivity index is 1.45. The summed E-state index contributed by atoms with van der Waals surface area (Å²) in [6.45, 7) is 11.1. The lowest BCUT2D eigenvalue weighted by molar-refractivity contribution is -0.139. The van der Waals surface area contributed by atoms with Crippen molar-refractivity contribution >= 4 is 15.9 Å². The molecule has 1 amide bonds. The van der Waals surface area contributed by atoms with E-state index in [2.05, 4.69) is 16.8 Å². The van der Waals surface area contributed by atoms with Gasteiger partial charge < -0.3 is 19.3 Å². The number of aryl methyl sites for hydroxylation is 2. The molecule has 2 aliphatic rings. The lowest BCUT2D eigenvalue weighted by Crippen LogP contribution is -2.52. The van der Waals surface area contributed by atoms with E-state index in [4.69, 9.17) is 9.47 Å². The van der Waals surface area contributed by atoms with Crippen LogP contribution in [0.2, 0.25) is 0 Å². The van der Waals surface area contributed by atoms with Gasteiger partial charge >= 0.3 is 0 Å². The molecule has 0 N–H and O–H groups in total. The van der Waals surface area contributed by atoms with Crippen LogP contribution in [0.5, 0.6) is 5.75 Å². The molecular weight excluding hydrogens is 492 g/mol. The Morgan fingerprint density at radius 3 is 2.19 bits per heavy atom. The molecule has 1 saturated heterocycles. The molecule has 3 rings (SSSR count). The standard InChI is InChI=1S/C27H46N4O5S/c1-7-31(24-10-8-23(9-11-24)30-14-12-28(4)13-15-30)26(32)20-36-17-16-29(5)37(33,34)27-21(2)18-25(35-6)19-22(27)3/h18-19,23-24H,7-17,20H2,1-6H3. The highest BCUT2D eigenvalue weighted by atomic mass is 32.2. The van der Waals surface area contributed by atoms with Gasteiger partial charge in [-0.2, -0.15) is 4.31 Å². The van der Waals surface area contributed by atoms with Crippen LogP contribution >= 0.6 is 0 Å². The van der Waals surface area contributed by atoms with Crippen LogP contribution in [0.15, 0.2) is 17.0 Å². The van der Waals surface area contributed by atoms with Crippen LogP contribution in [0.25, 0.3) is 0 Å². The first-order valence-electron chi connectivity index (χ1n) is 13.5. The van der Waals surface area contributed by atoms with Crippen molar-refractivity contribution < 1.29 is 22.7 Å².